The van der Waals surface area contributed by atoms with Crippen molar-refractivity contribution in [2.75, 3.05) is 6.61 Å². The van der Waals surface area contributed by atoms with E-state index in [0.29, 0.717) is 5.56 Å². The van der Waals surface area contributed by atoms with E-state index < -0.39 is 18.1 Å². The van der Waals surface area contributed by atoms with Gasteiger partial charge in [0.15, 0.2) is 0 Å². The van der Waals surface area contributed by atoms with Gasteiger partial charge in [-0.3, -0.25) is 0 Å². The van der Waals surface area contributed by atoms with E-state index in [1.165, 1.54) is 6.08 Å². The van der Waals surface area contributed by atoms with Gasteiger partial charge in [0, 0.05) is 0 Å². The second-order valence-corrected chi connectivity index (χ2v) is 3.45. The Balaban J connectivity index is 2.08. The highest BCUT2D eigenvalue weighted by Gasteiger charge is 2.34. The summed E-state index contributed by atoms with van der Waals surface area (Å²) in [7, 11) is 0. The van der Waals surface area contributed by atoms with Crippen LogP contribution in [0.5, 0.6) is 0 Å². The van der Waals surface area contributed by atoms with Crippen LogP contribution < -0.4 is 0 Å². The highest BCUT2D eigenvalue weighted by molar-refractivity contribution is 5.90. The van der Waals surface area contributed by atoms with Crippen LogP contribution in [0.15, 0.2) is 43.0 Å². The fraction of sp³-hybridized carbons (Fsp3) is 0.167. The van der Waals surface area contributed by atoms with Crippen LogP contribution in [0.2, 0.25) is 0 Å². The lowest BCUT2D eigenvalue weighted by Gasteiger charge is -2.16. The van der Waals surface area contributed by atoms with E-state index in [-0.39, 0.29) is 6.61 Å². The standard InChI is InChI=1S/C12H11NO4/c1-2-10-8-16-12(15)13(10)17-11(14)9-6-4-3-5-7-9/h2-7,10H,1,8H2/t10-/m0/s1. The first kappa shape index (κ1) is 11.2. The zero-order valence-electron chi connectivity index (χ0n) is 9.04. The zero-order valence-corrected chi connectivity index (χ0v) is 9.04. The van der Waals surface area contributed by atoms with Gasteiger partial charge in [-0.2, -0.15) is 0 Å². The number of ether oxygens (including phenoxy) is 1. The highest BCUT2D eigenvalue weighted by Crippen LogP contribution is 2.15. The van der Waals surface area contributed by atoms with Gasteiger partial charge >= 0.3 is 12.1 Å². The average Bonchev–Trinajstić information content (AvgIpc) is 2.71. The Morgan fingerprint density at radius 2 is 2.18 bits per heavy atom. The predicted octanol–water partition coefficient (Wildman–Crippen LogP) is 1.77. The van der Waals surface area contributed by atoms with Gasteiger partial charge in [-0.25, -0.2) is 9.59 Å². The van der Waals surface area contributed by atoms with Crippen molar-refractivity contribution >= 4 is 12.1 Å². The Bertz CT molecular complexity index is 443. The number of nitrogens with zero attached hydrogens (tertiary/aromatic N) is 1. The number of hydrogen-bond donors (Lipinski definition) is 0. The topological polar surface area (TPSA) is 55.8 Å². The number of amides is 1. The molecular weight excluding hydrogens is 222 g/mol. The third kappa shape index (κ3) is 2.28. The predicted molar refractivity (Wildman–Crippen MR) is 59.0 cm³/mol. The molecule has 1 aromatic carbocycles. The van der Waals surface area contributed by atoms with Crippen LogP contribution in [-0.2, 0) is 9.57 Å². The molecule has 17 heavy (non-hydrogen) atoms. The summed E-state index contributed by atoms with van der Waals surface area (Å²) < 4.78 is 4.74. The highest BCUT2D eigenvalue weighted by atomic mass is 16.8. The Kier molecular flexibility index (Phi) is 3.09. The summed E-state index contributed by atoms with van der Waals surface area (Å²) in [5, 5.41) is 0.891. The minimum atomic E-state index is -0.681. The number of carbonyl (C=O) groups is 2. The lowest BCUT2D eigenvalue weighted by Crippen LogP contribution is -2.34. The average molecular weight is 233 g/mol. The van der Waals surface area contributed by atoms with Crippen LogP contribution >= 0.6 is 0 Å². The molecule has 1 amide bonds. The quantitative estimate of drug-likeness (QED) is 0.746. The van der Waals surface area contributed by atoms with Crippen molar-refractivity contribution in [3.8, 4) is 0 Å². The summed E-state index contributed by atoms with van der Waals surface area (Å²) in [5.41, 5.74) is 0.370. The van der Waals surface area contributed by atoms with E-state index in [1.54, 1.807) is 30.3 Å². The molecule has 0 radical (unpaired) electrons. The van der Waals surface area contributed by atoms with Gasteiger partial charge in [0.2, 0.25) is 0 Å². The fourth-order valence-electron chi connectivity index (χ4n) is 1.41. The van der Waals surface area contributed by atoms with Crippen molar-refractivity contribution < 1.29 is 19.2 Å². The molecule has 0 spiro atoms. The first-order valence-corrected chi connectivity index (χ1v) is 5.08. The molecule has 1 fully saturated rings. The summed E-state index contributed by atoms with van der Waals surface area (Å²) in [4.78, 5) is 28.0. The van der Waals surface area contributed by atoms with Crippen molar-refractivity contribution in [1.29, 1.82) is 0 Å². The van der Waals surface area contributed by atoms with Gasteiger partial charge in [0.25, 0.3) is 0 Å². The molecule has 0 saturated carbocycles. The summed E-state index contributed by atoms with van der Waals surface area (Å²) in [6.07, 6.45) is 0.808. The monoisotopic (exact) mass is 233 g/mol. The number of hydrogen-bond acceptors (Lipinski definition) is 4. The first-order chi connectivity index (χ1) is 8.22. The molecule has 0 aromatic heterocycles. The molecular formula is C12H11NO4. The molecule has 2 rings (SSSR count). The van der Waals surface area contributed by atoms with Crippen LogP contribution in [0.4, 0.5) is 4.79 Å². The Labute approximate surface area is 98.2 Å². The van der Waals surface area contributed by atoms with E-state index >= 15 is 0 Å². The smallest absolute Gasteiger partial charge is 0.444 e. The number of cyclic esters (lactones) is 1. The largest absolute Gasteiger partial charge is 0.445 e. The SMILES string of the molecule is C=C[C@H]1COC(=O)N1OC(=O)c1ccccc1. The van der Waals surface area contributed by atoms with Gasteiger partial charge in [0.05, 0.1) is 5.56 Å². The second-order valence-electron chi connectivity index (χ2n) is 3.45. The molecule has 5 heteroatoms. The van der Waals surface area contributed by atoms with E-state index in [9.17, 15) is 9.59 Å². The molecule has 1 aromatic rings. The zero-order chi connectivity index (χ0) is 12.3. The lowest BCUT2D eigenvalue weighted by atomic mass is 10.2. The molecule has 0 unspecified atom stereocenters. The number of benzene rings is 1. The summed E-state index contributed by atoms with van der Waals surface area (Å²) in [6, 6.07) is 7.98. The molecule has 1 heterocycles. The Morgan fingerprint density at radius 1 is 1.47 bits per heavy atom. The third-order valence-corrected chi connectivity index (χ3v) is 2.32. The van der Waals surface area contributed by atoms with E-state index in [1.807, 2.05) is 0 Å². The Morgan fingerprint density at radius 3 is 2.82 bits per heavy atom. The second kappa shape index (κ2) is 4.69. The molecule has 1 atom stereocenters. The van der Waals surface area contributed by atoms with Crippen molar-refractivity contribution in [3.05, 3.63) is 48.6 Å². The van der Waals surface area contributed by atoms with Crippen LogP contribution in [0.3, 0.4) is 0 Å². The minimum Gasteiger partial charge on any atom is -0.445 e. The third-order valence-electron chi connectivity index (χ3n) is 2.32. The molecule has 1 aliphatic heterocycles. The van der Waals surface area contributed by atoms with Crippen molar-refractivity contribution in [1.82, 2.24) is 5.06 Å². The molecule has 0 N–H and O–H groups in total. The molecule has 88 valence electrons. The van der Waals surface area contributed by atoms with Gasteiger partial charge in [-0.1, -0.05) is 24.3 Å². The lowest BCUT2D eigenvalue weighted by molar-refractivity contribution is -0.0769. The van der Waals surface area contributed by atoms with Crippen molar-refractivity contribution in [2.24, 2.45) is 0 Å². The van der Waals surface area contributed by atoms with Crippen LogP contribution in [-0.4, -0.2) is 29.8 Å². The fourth-order valence-corrected chi connectivity index (χ4v) is 1.41. The van der Waals surface area contributed by atoms with Gasteiger partial charge < -0.3 is 9.57 Å². The van der Waals surface area contributed by atoms with Crippen LogP contribution in [0.1, 0.15) is 10.4 Å². The van der Waals surface area contributed by atoms with Crippen LogP contribution in [0, 0.1) is 0 Å². The maximum Gasteiger partial charge on any atom is 0.444 e. The maximum absolute atomic E-state index is 11.7. The normalized spacial score (nSPS) is 18.7. The number of rotatable bonds is 3. The van der Waals surface area contributed by atoms with E-state index in [2.05, 4.69) is 6.58 Å². The summed E-state index contributed by atoms with van der Waals surface area (Å²) in [6.45, 7) is 3.69. The van der Waals surface area contributed by atoms with Gasteiger partial charge in [-0.15, -0.1) is 11.6 Å². The minimum absolute atomic E-state index is 0.143. The maximum atomic E-state index is 11.7. The van der Waals surface area contributed by atoms with E-state index in [4.69, 9.17) is 9.57 Å². The molecule has 5 nitrogen and oxygen atoms in total. The van der Waals surface area contributed by atoms with E-state index in [0.717, 1.165) is 5.06 Å². The first-order valence-electron chi connectivity index (χ1n) is 5.08. The van der Waals surface area contributed by atoms with Crippen molar-refractivity contribution in [2.45, 2.75) is 6.04 Å². The molecule has 0 bridgehead atoms. The van der Waals surface area contributed by atoms with Gasteiger partial charge in [-0.05, 0) is 12.1 Å². The number of carbonyl (C=O) groups excluding carboxylic acids is 2. The number of hydroxylamine groups is 2. The Hall–Kier alpha value is -2.30. The summed E-state index contributed by atoms with van der Waals surface area (Å²) in [5.74, 6) is -0.601. The van der Waals surface area contributed by atoms with Crippen molar-refractivity contribution in [3.63, 3.8) is 0 Å². The molecule has 1 saturated heterocycles. The molecule has 0 aliphatic carbocycles. The molecule has 1 aliphatic rings. The van der Waals surface area contributed by atoms with Crippen LogP contribution in [0.25, 0.3) is 0 Å². The summed E-state index contributed by atoms with van der Waals surface area (Å²) >= 11 is 0. The van der Waals surface area contributed by atoms with Gasteiger partial charge in [0.1, 0.15) is 12.6 Å².